The van der Waals surface area contributed by atoms with Gasteiger partial charge < -0.3 is 0 Å². The largest absolute Gasteiger partial charge is 0.416 e. The molecule has 3 aromatic carbocycles. The molecule has 4 rings (SSSR count). The molecule has 0 bridgehead atoms. The quantitative estimate of drug-likeness (QED) is 0.478. The van der Waals surface area contributed by atoms with Crippen molar-refractivity contribution in [3.63, 3.8) is 0 Å². The first-order valence-electron chi connectivity index (χ1n) is 9.02. The van der Waals surface area contributed by atoms with Crippen molar-refractivity contribution in [1.82, 2.24) is 0 Å². The third-order valence-corrected chi connectivity index (χ3v) is 5.44. The number of rotatable bonds is 3. The number of benzene rings is 3. The summed E-state index contributed by atoms with van der Waals surface area (Å²) in [6.45, 7) is 0. The standard InChI is InChI=1S/C21H11Cl3F3N5/c22-15-3-1-2-13(9-15)20-29-31(18-7-4-12(11-28)8-17(18)24)32(30-20)19-10-14(21(25,26)27)5-6-16(19)23/h1-10H,(H,29,30)/p+1. The Labute approximate surface area is 195 Å². The molecular weight excluding hydrogens is 486 g/mol. The monoisotopic (exact) mass is 496 g/mol. The smallest absolute Gasteiger partial charge is 0.192 e. The van der Waals surface area contributed by atoms with E-state index in [9.17, 15) is 13.2 Å². The maximum atomic E-state index is 13.4. The van der Waals surface area contributed by atoms with Gasteiger partial charge >= 0.3 is 6.18 Å². The van der Waals surface area contributed by atoms with E-state index in [2.05, 4.69) is 5.10 Å². The fourth-order valence-electron chi connectivity index (χ4n) is 3.07. The number of halogens is 6. The van der Waals surface area contributed by atoms with Crippen molar-refractivity contribution in [3.8, 4) is 6.07 Å². The average Bonchev–Trinajstić information content (AvgIpc) is 3.18. The first-order chi connectivity index (χ1) is 15.2. The van der Waals surface area contributed by atoms with E-state index in [4.69, 9.17) is 40.1 Å². The van der Waals surface area contributed by atoms with Gasteiger partial charge in [-0.25, -0.2) is 0 Å². The summed E-state index contributed by atoms with van der Waals surface area (Å²) >= 11 is 18.7. The molecule has 0 unspecified atom stereocenters. The SMILES string of the molecule is N#Cc1ccc(N2[NH2+]C(c3cccc(Cl)c3)=NN2c2cc(C(F)(F)F)ccc2Cl)c(Cl)c1. The molecule has 0 amide bonds. The number of hydrazine groups is 1. The van der Waals surface area contributed by atoms with Crippen molar-refractivity contribution < 1.29 is 18.6 Å². The van der Waals surface area contributed by atoms with Crippen LogP contribution in [0.2, 0.25) is 15.1 Å². The minimum Gasteiger partial charge on any atom is -0.192 e. The summed E-state index contributed by atoms with van der Waals surface area (Å²) < 4.78 is 40.1. The van der Waals surface area contributed by atoms with Gasteiger partial charge in [-0.1, -0.05) is 46.0 Å². The van der Waals surface area contributed by atoms with Gasteiger partial charge in [-0.15, -0.1) is 10.2 Å². The molecule has 0 saturated heterocycles. The summed E-state index contributed by atoms with van der Waals surface area (Å²) in [6, 6.07) is 16.4. The maximum Gasteiger partial charge on any atom is 0.416 e. The Bertz CT molecular complexity index is 1270. The Kier molecular flexibility index (Phi) is 5.93. The highest BCUT2D eigenvalue weighted by Gasteiger charge is 2.37. The molecule has 0 saturated carbocycles. The molecule has 3 aromatic rings. The lowest BCUT2D eigenvalue weighted by molar-refractivity contribution is -0.545. The number of quaternary nitrogens is 1. The van der Waals surface area contributed by atoms with E-state index in [-0.39, 0.29) is 15.7 Å². The number of amidine groups is 1. The summed E-state index contributed by atoms with van der Waals surface area (Å²) in [6.07, 6.45) is -4.57. The molecule has 1 heterocycles. The summed E-state index contributed by atoms with van der Waals surface area (Å²) in [4.78, 5) is 0. The van der Waals surface area contributed by atoms with Crippen molar-refractivity contribution in [2.75, 3.05) is 10.2 Å². The van der Waals surface area contributed by atoms with Crippen LogP contribution in [0.1, 0.15) is 16.7 Å². The molecule has 0 fully saturated rings. The fraction of sp³-hybridized carbons (Fsp3) is 0.0476. The number of hydrogen-bond donors (Lipinski definition) is 1. The minimum atomic E-state index is -4.57. The Morgan fingerprint density at radius 1 is 0.906 bits per heavy atom. The first-order valence-corrected chi connectivity index (χ1v) is 10.2. The number of hydrazone groups is 1. The topological polar surface area (TPSA) is 59.2 Å². The predicted octanol–water partition coefficient (Wildman–Crippen LogP) is 5.62. The molecule has 0 aliphatic carbocycles. The molecule has 0 atom stereocenters. The summed E-state index contributed by atoms with van der Waals surface area (Å²) in [7, 11) is 0. The Morgan fingerprint density at radius 2 is 1.69 bits per heavy atom. The molecule has 1 aliphatic rings. The van der Waals surface area contributed by atoms with Gasteiger partial charge in [-0.2, -0.15) is 23.9 Å². The van der Waals surface area contributed by atoms with Gasteiger partial charge in [0.05, 0.1) is 32.8 Å². The summed E-state index contributed by atoms with van der Waals surface area (Å²) in [5, 5.41) is 17.0. The van der Waals surface area contributed by atoms with Crippen molar-refractivity contribution in [3.05, 3.63) is 92.4 Å². The number of alkyl halides is 3. The minimum absolute atomic E-state index is 0.00445. The third kappa shape index (κ3) is 4.33. The van der Waals surface area contributed by atoms with E-state index in [0.29, 0.717) is 27.7 Å². The van der Waals surface area contributed by atoms with Gasteiger partial charge in [0.25, 0.3) is 5.84 Å². The molecule has 0 radical (unpaired) electrons. The van der Waals surface area contributed by atoms with Crippen LogP contribution in [-0.2, 0) is 6.18 Å². The van der Waals surface area contributed by atoms with Gasteiger partial charge in [-0.3, -0.25) is 0 Å². The summed E-state index contributed by atoms with van der Waals surface area (Å²) in [5.41, 5.74) is 2.06. The lowest BCUT2D eigenvalue weighted by Crippen LogP contribution is -2.96. The van der Waals surface area contributed by atoms with Crippen molar-refractivity contribution in [1.29, 1.82) is 5.26 Å². The first kappa shape index (κ1) is 22.2. The maximum absolute atomic E-state index is 13.4. The Morgan fingerprint density at radius 3 is 2.34 bits per heavy atom. The van der Waals surface area contributed by atoms with Crippen LogP contribution in [0, 0.1) is 11.3 Å². The zero-order valence-electron chi connectivity index (χ0n) is 15.9. The molecule has 0 spiro atoms. The molecular formula is C21H12Cl3F3N5+. The van der Waals surface area contributed by atoms with Crippen LogP contribution in [0.5, 0.6) is 0 Å². The van der Waals surface area contributed by atoms with Crippen LogP contribution in [0.25, 0.3) is 0 Å². The van der Waals surface area contributed by atoms with Gasteiger partial charge in [0, 0.05) is 5.02 Å². The van der Waals surface area contributed by atoms with Crippen LogP contribution in [0.3, 0.4) is 0 Å². The number of anilines is 2. The Hall–Kier alpha value is -2.96. The van der Waals surface area contributed by atoms with Gasteiger partial charge in [-0.05, 0) is 54.6 Å². The fourth-order valence-corrected chi connectivity index (χ4v) is 3.72. The third-order valence-electron chi connectivity index (χ3n) is 4.58. The number of nitrogens with zero attached hydrogens (tertiary/aromatic N) is 4. The lowest BCUT2D eigenvalue weighted by atomic mass is 10.2. The van der Waals surface area contributed by atoms with Crippen molar-refractivity contribution in [2.45, 2.75) is 6.18 Å². The molecule has 2 N–H and O–H groups in total. The van der Waals surface area contributed by atoms with Crippen LogP contribution >= 0.6 is 34.8 Å². The highest BCUT2D eigenvalue weighted by molar-refractivity contribution is 6.34. The van der Waals surface area contributed by atoms with Crippen LogP contribution < -0.4 is 15.7 Å². The van der Waals surface area contributed by atoms with Crippen LogP contribution in [0.4, 0.5) is 24.5 Å². The zero-order chi connectivity index (χ0) is 23.0. The average molecular weight is 498 g/mol. The molecule has 11 heteroatoms. The summed E-state index contributed by atoms with van der Waals surface area (Å²) in [5.74, 6) is 0.418. The van der Waals surface area contributed by atoms with Crippen molar-refractivity contribution in [2.24, 2.45) is 5.10 Å². The molecule has 5 nitrogen and oxygen atoms in total. The highest BCUT2D eigenvalue weighted by atomic mass is 35.5. The second-order valence-electron chi connectivity index (χ2n) is 6.70. The predicted molar refractivity (Wildman–Crippen MR) is 117 cm³/mol. The van der Waals surface area contributed by atoms with E-state index < -0.39 is 11.7 Å². The lowest BCUT2D eigenvalue weighted by Gasteiger charge is -2.25. The normalized spacial score (nSPS) is 13.8. The van der Waals surface area contributed by atoms with Crippen LogP contribution in [0.15, 0.2) is 65.8 Å². The van der Waals surface area contributed by atoms with Gasteiger partial charge in [0.15, 0.2) is 0 Å². The van der Waals surface area contributed by atoms with E-state index >= 15 is 0 Å². The van der Waals surface area contributed by atoms with Crippen LogP contribution in [-0.4, -0.2) is 5.84 Å². The second kappa shape index (κ2) is 8.52. The van der Waals surface area contributed by atoms with Crippen molar-refractivity contribution >= 4 is 52.0 Å². The number of nitrogens with two attached hydrogens (primary N) is 1. The molecule has 162 valence electrons. The second-order valence-corrected chi connectivity index (χ2v) is 7.95. The van der Waals surface area contributed by atoms with E-state index in [1.54, 1.807) is 41.8 Å². The van der Waals surface area contributed by atoms with E-state index in [1.165, 1.54) is 16.3 Å². The highest BCUT2D eigenvalue weighted by Crippen LogP contribution is 2.38. The van der Waals surface area contributed by atoms with Gasteiger partial charge in [0.2, 0.25) is 0 Å². The molecule has 32 heavy (non-hydrogen) atoms. The molecule has 1 aliphatic heterocycles. The van der Waals surface area contributed by atoms with E-state index in [1.807, 2.05) is 6.07 Å². The Balaban J connectivity index is 1.86. The number of hydrogen-bond acceptors (Lipinski definition) is 4. The molecule has 0 aromatic heterocycles. The van der Waals surface area contributed by atoms with E-state index in [0.717, 1.165) is 18.2 Å². The number of nitriles is 1. The zero-order valence-corrected chi connectivity index (χ0v) is 18.2. The van der Waals surface area contributed by atoms with Gasteiger partial charge in [0.1, 0.15) is 11.4 Å².